The van der Waals surface area contributed by atoms with E-state index in [9.17, 15) is 0 Å². The molecule has 4 rings (SSSR count). The molecule has 2 fully saturated rings. The average Bonchev–Trinajstić information content (AvgIpc) is 3.05. The predicted octanol–water partition coefficient (Wildman–Crippen LogP) is 2.74. The number of ether oxygens (including phenoxy) is 1. The third-order valence-electron chi connectivity index (χ3n) is 4.22. The summed E-state index contributed by atoms with van der Waals surface area (Å²) in [6.07, 6.45) is 4.77. The van der Waals surface area contributed by atoms with Crippen molar-refractivity contribution in [2.45, 2.75) is 48.4 Å². The Kier molecular flexibility index (Phi) is 2.46. The van der Waals surface area contributed by atoms with Crippen LogP contribution >= 0.6 is 11.8 Å². The molecule has 1 aromatic carbocycles. The highest BCUT2D eigenvalue weighted by Crippen LogP contribution is 2.40. The van der Waals surface area contributed by atoms with Crippen molar-refractivity contribution < 1.29 is 4.74 Å². The van der Waals surface area contributed by atoms with Crippen LogP contribution in [0.15, 0.2) is 29.2 Å². The van der Waals surface area contributed by atoms with Crippen molar-refractivity contribution in [2.24, 2.45) is 0 Å². The minimum absolute atomic E-state index is 0.484. The van der Waals surface area contributed by atoms with Crippen LogP contribution in [0, 0.1) is 0 Å². The first-order valence-electron chi connectivity index (χ1n) is 6.53. The minimum Gasteiger partial charge on any atom is -0.373 e. The second-order valence-electron chi connectivity index (χ2n) is 5.28. The normalized spacial score (nSPS) is 38.6. The number of hydrogen-bond acceptors (Lipinski definition) is 3. The van der Waals surface area contributed by atoms with Gasteiger partial charge in [-0.05, 0) is 30.9 Å². The van der Waals surface area contributed by atoms with Crippen molar-refractivity contribution in [2.75, 3.05) is 5.75 Å². The molecule has 1 aromatic rings. The Morgan fingerprint density at radius 2 is 2.18 bits per heavy atom. The van der Waals surface area contributed by atoms with E-state index < -0.39 is 0 Å². The third kappa shape index (κ3) is 1.72. The molecule has 1 N–H and O–H groups in total. The SMILES string of the molecule is c1ccc2c(c1)SCC2NC1CC2CCC1O2. The van der Waals surface area contributed by atoms with Crippen LogP contribution in [0.25, 0.3) is 0 Å². The maximum atomic E-state index is 5.91. The van der Waals surface area contributed by atoms with Gasteiger partial charge in [-0.25, -0.2) is 0 Å². The van der Waals surface area contributed by atoms with Gasteiger partial charge in [0.2, 0.25) is 0 Å². The van der Waals surface area contributed by atoms with Gasteiger partial charge in [0.25, 0.3) is 0 Å². The van der Waals surface area contributed by atoms with Gasteiger partial charge in [-0.3, -0.25) is 0 Å². The van der Waals surface area contributed by atoms with E-state index in [1.165, 1.54) is 35.5 Å². The zero-order chi connectivity index (χ0) is 11.2. The molecule has 3 heteroatoms. The number of nitrogens with one attached hydrogen (secondary N) is 1. The van der Waals surface area contributed by atoms with E-state index in [1.54, 1.807) is 0 Å². The fraction of sp³-hybridized carbons (Fsp3) is 0.571. The van der Waals surface area contributed by atoms with E-state index in [0.29, 0.717) is 24.3 Å². The predicted molar refractivity (Wildman–Crippen MR) is 69.3 cm³/mol. The summed E-state index contributed by atoms with van der Waals surface area (Å²) in [5, 5.41) is 3.82. The Bertz CT molecular complexity index is 436. The summed E-state index contributed by atoms with van der Waals surface area (Å²) >= 11 is 1.98. The zero-order valence-corrected chi connectivity index (χ0v) is 10.6. The topological polar surface area (TPSA) is 21.3 Å². The minimum atomic E-state index is 0.484. The van der Waals surface area contributed by atoms with Gasteiger partial charge in [-0.2, -0.15) is 0 Å². The van der Waals surface area contributed by atoms with Gasteiger partial charge in [-0.1, -0.05) is 18.2 Å². The molecule has 0 aromatic heterocycles. The lowest BCUT2D eigenvalue weighted by molar-refractivity contribution is 0.0963. The van der Waals surface area contributed by atoms with Gasteiger partial charge in [0.1, 0.15) is 0 Å². The molecular formula is C14H17NOS. The van der Waals surface area contributed by atoms with E-state index in [-0.39, 0.29) is 0 Å². The van der Waals surface area contributed by atoms with Crippen molar-refractivity contribution >= 4 is 11.8 Å². The standard InChI is InChI=1S/C14H17NOS/c1-2-4-14-10(3-1)12(8-17-14)15-11-7-9-5-6-13(11)16-9/h1-4,9,11-13,15H,5-8H2. The van der Waals surface area contributed by atoms with E-state index in [1.807, 2.05) is 11.8 Å². The Morgan fingerprint density at radius 3 is 3.00 bits per heavy atom. The number of fused-ring (bicyclic) bond motifs is 3. The van der Waals surface area contributed by atoms with Crippen molar-refractivity contribution in [3.8, 4) is 0 Å². The van der Waals surface area contributed by atoms with Crippen LogP contribution in [0.5, 0.6) is 0 Å². The van der Waals surface area contributed by atoms with Gasteiger partial charge in [0, 0.05) is 22.7 Å². The summed E-state index contributed by atoms with van der Waals surface area (Å²) in [4.78, 5) is 1.45. The summed E-state index contributed by atoms with van der Waals surface area (Å²) in [7, 11) is 0. The summed E-state index contributed by atoms with van der Waals surface area (Å²) in [6, 6.07) is 9.90. The van der Waals surface area contributed by atoms with Crippen LogP contribution in [0.2, 0.25) is 0 Å². The van der Waals surface area contributed by atoms with Gasteiger partial charge in [0.05, 0.1) is 12.2 Å². The number of benzene rings is 1. The molecule has 90 valence electrons. The Morgan fingerprint density at radius 1 is 1.24 bits per heavy atom. The molecule has 3 aliphatic rings. The van der Waals surface area contributed by atoms with Gasteiger partial charge in [0.15, 0.2) is 0 Å². The molecule has 0 spiro atoms. The van der Waals surface area contributed by atoms with E-state index in [2.05, 4.69) is 29.6 Å². The molecule has 0 amide bonds. The van der Waals surface area contributed by atoms with Crippen LogP contribution in [0.3, 0.4) is 0 Å². The fourth-order valence-electron chi connectivity index (χ4n) is 3.37. The zero-order valence-electron chi connectivity index (χ0n) is 9.76. The molecule has 2 bridgehead atoms. The van der Waals surface area contributed by atoms with Crippen molar-refractivity contribution in [1.82, 2.24) is 5.32 Å². The monoisotopic (exact) mass is 247 g/mol. The summed E-state index contributed by atoms with van der Waals surface area (Å²) in [5.41, 5.74) is 1.49. The lowest BCUT2D eigenvalue weighted by Crippen LogP contribution is -2.39. The van der Waals surface area contributed by atoms with Crippen LogP contribution in [0.1, 0.15) is 30.9 Å². The molecule has 3 heterocycles. The number of thioether (sulfide) groups is 1. The number of hydrogen-bond donors (Lipinski definition) is 1. The van der Waals surface area contributed by atoms with Crippen LogP contribution in [-0.2, 0) is 4.74 Å². The van der Waals surface area contributed by atoms with Crippen LogP contribution < -0.4 is 5.32 Å². The summed E-state index contributed by atoms with van der Waals surface area (Å²) in [6.45, 7) is 0. The molecule has 0 aliphatic carbocycles. The van der Waals surface area contributed by atoms with Crippen molar-refractivity contribution in [1.29, 1.82) is 0 Å². The van der Waals surface area contributed by atoms with E-state index in [4.69, 9.17) is 4.74 Å². The molecule has 17 heavy (non-hydrogen) atoms. The smallest absolute Gasteiger partial charge is 0.0733 e. The van der Waals surface area contributed by atoms with Gasteiger partial charge < -0.3 is 10.1 Å². The highest BCUT2D eigenvalue weighted by Gasteiger charge is 2.42. The maximum absolute atomic E-state index is 5.91. The summed E-state index contributed by atoms with van der Waals surface area (Å²) < 4.78 is 5.91. The van der Waals surface area contributed by atoms with Crippen LogP contribution in [0.4, 0.5) is 0 Å². The molecule has 4 unspecified atom stereocenters. The molecule has 2 nitrogen and oxygen atoms in total. The van der Waals surface area contributed by atoms with Crippen molar-refractivity contribution in [3.05, 3.63) is 29.8 Å². The average molecular weight is 247 g/mol. The second-order valence-corrected chi connectivity index (χ2v) is 6.35. The molecule has 0 radical (unpaired) electrons. The Balaban J connectivity index is 1.51. The molecule has 0 saturated carbocycles. The van der Waals surface area contributed by atoms with Crippen molar-refractivity contribution in [3.63, 3.8) is 0 Å². The maximum Gasteiger partial charge on any atom is 0.0733 e. The van der Waals surface area contributed by atoms with E-state index >= 15 is 0 Å². The molecule has 3 aliphatic heterocycles. The molecule has 4 atom stereocenters. The number of rotatable bonds is 2. The highest BCUT2D eigenvalue weighted by molar-refractivity contribution is 7.99. The quantitative estimate of drug-likeness (QED) is 0.868. The molecule has 2 saturated heterocycles. The summed E-state index contributed by atoms with van der Waals surface area (Å²) in [5.74, 6) is 1.17. The third-order valence-corrected chi connectivity index (χ3v) is 5.40. The van der Waals surface area contributed by atoms with E-state index in [0.717, 1.165) is 0 Å². The van der Waals surface area contributed by atoms with Gasteiger partial charge in [-0.15, -0.1) is 11.8 Å². The van der Waals surface area contributed by atoms with Crippen LogP contribution in [-0.4, -0.2) is 24.0 Å². The highest BCUT2D eigenvalue weighted by atomic mass is 32.2. The first-order valence-corrected chi connectivity index (χ1v) is 7.52. The first kappa shape index (κ1) is 10.4. The fourth-order valence-corrected chi connectivity index (χ4v) is 4.55. The van der Waals surface area contributed by atoms with Gasteiger partial charge >= 0.3 is 0 Å². The Hall–Kier alpha value is -0.510. The second kappa shape index (κ2) is 4.01. The Labute approximate surface area is 106 Å². The largest absolute Gasteiger partial charge is 0.373 e. The molecular weight excluding hydrogens is 230 g/mol. The lowest BCUT2D eigenvalue weighted by atomic mass is 9.94. The first-order chi connectivity index (χ1) is 8.40. The lowest BCUT2D eigenvalue weighted by Gasteiger charge is -2.24.